The van der Waals surface area contributed by atoms with E-state index in [-0.39, 0.29) is 12.0 Å². The Labute approximate surface area is 136 Å². The zero-order valence-electron chi connectivity index (χ0n) is 13.1. The number of nitrogens with one attached hydrogen (secondary N) is 2. The monoisotopic (exact) mass is 326 g/mol. The van der Waals surface area contributed by atoms with Gasteiger partial charge in [-0.3, -0.25) is 10.1 Å². The van der Waals surface area contributed by atoms with Crippen molar-refractivity contribution in [3.63, 3.8) is 0 Å². The maximum atomic E-state index is 12.4. The molecule has 2 N–H and O–H groups in total. The van der Waals surface area contributed by atoms with E-state index in [1.54, 1.807) is 6.07 Å². The molecule has 1 unspecified atom stereocenters. The molecule has 0 radical (unpaired) electrons. The molecule has 1 saturated heterocycles. The van der Waals surface area contributed by atoms with Crippen LogP contribution in [0, 0.1) is 0 Å². The lowest BCUT2D eigenvalue weighted by Gasteiger charge is -2.23. The van der Waals surface area contributed by atoms with E-state index in [9.17, 15) is 4.79 Å². The van der Waals surface area contributed by atoms with Crippen molar-refractivity contribution >= 4 is 17.5 Å². The minimum absolute atomic E-state index is 0.0473. The summed E-state index contributed by atoms with van der Waals surface area (Å²) in [5.74, 6) is 0.391. The molecule has 1 aliphatic rings. The number of amides is 1. The van der Waals surface area contributed by atoms with Gasteiger partial charge in [-0.15, -0.1) is 0 Å². The van der Waals surface area contributed by atoms with Crippen LogP contribution in [0.15, 0.2) is 12.1 Å². The second kappa shape index (κ2) is 8.36. The summed E-state index contributed by atoms with van der Waals surface area (Å²) in [6, 6.07) is 3.53. The van der Waals surface area contributed by atoms with E-state index in [0.29, 0.717) is 36.2 Å². The fraction of sp³-hybridized carbons (Fsp3) is 0.562. The lowest BCUT2D eigenvalue weighted by molar-refractivity contribution is 0.00846. The highest BCUT2D eigenvalue weighted by atomic mass is 35.5. The molecule has 22 heavy (non-hydrogen) atoms. The molecule has 1 heterocycles. The topological polar surface area (TPSA) is 59.6 Å². The van der Waals surface area contributed by atoms with Gasteiger partial charge in [0.2, 0.25) is 0 Å². The van der Waals surface area contributed by atoms with E-state index in [4.69, 9.17) is 21.1 Å². The first-order valence-corrected chi connectivity index (χ1v) is 8.09. The first-order valence-electron chi connectivity index (χ1n) is 7.71. The Morgan fingerprint density at radius 1 is 1.50 bits per heavy atom. The third kappa shape index (κ3) is 4.35. The second-order valence-corrected chi connectivity index (χ2v) is 5.57. The van der Waals surface area contributed by atoms with Crippen LogP contribution in [-0.2, 0) is 11.2 Å². The largest absolute Gasteiger partial charge is 0.493 e. The lowest BCUT2D eigenvalue weighted by Crippen LogP contribution is -2.41. The van der Waals surface area contributed by atoms with Crippen LogP contribution < -0.4 is 15.4 Å². The van der Waals surface area contributed by atoms with Gasteiger partial charge < -0.3 is 14.8 Å². The third-order valence-corrected chi connectivity index (χ3v) is 3.98. The van der Waals surface area contributed by atoms with Crippen LogP contribution in [0.2, 0.25) is 5.02 Å². The molecule has 1 aromatic rings. The predicted octanol–water partition coefficient (Wildman–Crippen LogP) is 2.37. The standard InChI is InChI=1S/C16H23ClN2O3/c1-3-11-7-15(21-4-2)13(8-14(11)17)16(20)19-9-12-5-6-18-10-22-12/h7-8,12,18H,3-6,9-10H2,1-2H3,(H,19,20). The van der Waals surface area contributed by atoms with E-state index < -0.39 is 0 Å². The van der Waals surface area contributed by atoms with Gasteiger partial charge in [0.15, 0.2) is 0 Å². The molecule has 1 atom stereocenters. The molecular weight excluding hydrogens is 304 g/mol. The zero-order chi connectivity index (χ0) is 15.9. The minimum atomic E-state index is -0.185. The molecule has 0 saturated carbocycles. The highest BCUT2D eigenvalue weighted by molar-refractivity contribution is 6.31. The average molecular weight is 327 g/mol. The molecule has 0 aromatic heterocycles. The van der Waals surface area contributed by atoms with Crippen LogP contribution in [0.25, 0.3) is 0 Å². The smallest absolute Gasteiger partial charge is 0.255 e. The Hall–Kier alpha value is -1.30. The molecule has 0 spiro atoms. The second-order valence-electron chi connectivity index (χ2n) is 5.16. The summed E-state index contributed by atoms with van der Waals surface area (Å²) in [7, 11) is 0. The molecule has 1 amide bonds. The van der Waals surface area contributed by atoms with Crippen molar-refractivity contribution in [2.45, 2.75) is 32.8 Å². The zero-order valence-corrected chi connectivity index (χ0v) is 13.8. The molecule has 6 heteroatoms. The Bertz CT molecular complexity index is 516. The Kier molecular flexibility index (Phi) is 6.49. The maximum Gasteiger partial charge on any atom is 0.255 e. The summed E-state index contributed by atoms with van der Waals surface area (Å²) in [4.78, 5) is 12.4. The summed E-state index contributed by atoms with van der Waals surface area (Å²) in [5.41, 5.74) is 1.45. The third-order valence-electron chi connectivity index (χ3n) is 3.63. The summed E-state index contributed by atoms with van der Waals surface area (Å²) in [6.45, 7) is 6.33. The van der Waals surface area contributed by atoms with Crippen molar-refractivity contribution in [2.24, 2.45) is 0 Å². The van der Waals surface area contributed by atoms with Gasteiger partial charge in [0.1, 0.15) is 5.75 Å². The first kappa shape index (κ1) is 17.1. The van der Waals surface area contributed by atoms with Crippen molar-refractivity contribution in [3.05, 3.63) is 28.3 Å². The van der Waals surface area contributed by atoms with Crippen molar-refractivity contribution in [3.8, 4) is 5.75 Å². The number of aryl methyl sites for hydroxylation is 1. The fourth-order valence-corrected chi connectivity index (χ4v) is 2.67. The first-order chi connectivity index (χ1) is 10.7. The Balaban J connectivity index is 2.08. The number of rotatable bonds is 6. The lowest BCUT2D eigenvalue weighted by atomic mass is 10.1. The van der Waals surface area contributed by atoms with Crippen molar-refractivity contribution < 1.29 is 14.3 Å². The van der Waals surface area contributed by atoms with Crippen LogP contribution in [0.5, 0.6) is 5.75 Å². The molecule has 5 nitrogen and oxygen atoms in total. The SMILES string of the molecule is CCOc1cc(CC)c(Cl)cc1C(=O)NCC1CCNCO1. The van der Waals surface area contributed by atoms with Gasteiger partial charge >= 0.3 is 0 Å². The number of hydrogen-bond acceptors (Lipinski definition) is 4. The van der Waals surface area contributed by atoms with Crippen molar-refractivity contribution in [2.75, 3.05) is 26.4 Å². The van der Waals surface area contributed by atoms with Gasteiger partial charge in [0, 0.05) is 11.6 Å². The van der Waals surface area contributed by atoms with Crippen LogP contribution in [0.4, 0.5) is 0 Å². The van der Waals surface area contributed by atoms with Gasteiger partial charge in [0.05, 0.1) is 25.0 Å². The van der Waals surface area contributed by atoms with Crippen LogP contribution in [-0.4, -0.2) is 38.4 Å². The predicted molar refractivity (Wildman–Crippen MR) is 86.7 cm³/mol. The van der Waals surface area contributed by atoms with E-state index in [1.165, 1.54) is 0 Å². The number of halogens is 1. The minimum Gasteiger partial charge on any atom is -0.493 e. The van der Waals surface area contributed by atoms with Crippen LogP contribution >= 0.6 is 11.6 Å². The molecular formula is C16H23ClN2O3. The van der Waals surface area contributed by atoms with E-state index in [1.807, 2.05) is 19.9 Å². The normalized spacial score (nSPS) is 18.0. The summed E-state index contributed by atoms with van der Waals surface area (Å²) < 4.78 is 11.1. The van der Waals surface area contributed by atoms with Gasteiger partial charge in [-0.1, -0.05) is 18.5 Å². The average Bonchev–Trinajstić information content (AvgIpc) is 2.55. The number of carbonyl (C=O) groups is 1. The van der Waals surface area contributed by atoms with E-state index in [0.717, 1.165) is 24.9 Å². The van der Waals surface area contributed by atoms with E-state index in [2.05, 4.69) is 10.6 Å². The maximum absolute atomic E-state index is 12.4. The molecule has 1 fully saturated rings. The molecule has 0 bridgehead atoms. The van der Waals surface area contributed by atoms with Crippen LogP contribution in [0.3, 0.4) is 0 Å². The Morgan fingerprint density at radius 2 is 2.32 bits per heavy atom. The summed E-state index contributed by atoms with van der Waals surface area (Å²) >= 11 is 6.23. The number of benzene rings is 1. The number of hydrogen-bond donors (Lipinski definition) is 2. The molecule has 122 valence electrons. The quantitative estimate of drug-likeness (QED) is 0.842. The number of ether oxygens (including phenoxy) is 2. The molecule has 0 aliphatic carbocycles. The Morgan fingerprint density at radius 3 is 2.95 bits per heavy atom. The van der Waals surface area contributed by atoms with Crippen molar-refractivity contribution in [1.82, 2.24) is 10.6 Å². The highest BCUT2D eigenvalue weighted by Crippen LogP contribution is 2.27. The van der Waals surface area contributed by atoms with Gasteiger partial charge in [-0.05, 0) is 44.0 Å². The van der Waals surface area contributed by atoms with Gasteiger partial charge in [-0.2, -0.15) is 0 Å². The molecule has 1 aliphatic heterocycles. The molecule has 1 aromatic carbocycles. The van der Waals surface area contributed by atoms with Gasteiger partial charge in [0.25, 0.3) is 5.91 Å². The summed E-state index contributed by atoms with van der Waals surface area (Å²) in [6.07, 6.45) is 1.73. The molecule has 2 rings (SSSR count). The van der Waals surface area contributed by atoms with Crippen LogP contribution in [0.1, 0.15) is 36.2 Å². The summed E-state index contributed by atoms with van der Waals surface area (Å²) in [5, 5.41) is 6.60. The van der Waals surface area contributed by atoms with E-state index >= 15 is 0 Å². The fourth-order valence-electron chi connectivity index (χ4n) is 2.38. The van der Waals surface area contributed by atoms with Crippen molar-refractivity contribution in [1.29, 1.82) is 0 Å². The van der Waals surface area contributed by atoms with Gasteiger partial charge in [-0.25, -0.2) is 0 Å². The number of carbonyl (C=O) groups excluding carboxylic acids is 1. The highest BCUT2D eigenvalue weighted by Gasteiger charge is 2.18.